The van der Waals surface area contributed by atoms with Gasteiger partial charge in [-0.15, -0.1) is 0 Å². The zero-order chi connectivity index (χ0) is 15.4. The van der Waals surface area contributed by atoms with E-state index < -0.39 is 0 Å². The minimum atomic E-state index is -0.353. The fourth-order valence-corrected chi connectivity index (χ4v) is 3.91. The van der Waals surface area contributed by atoms with Gasteiger partial charge in [-0.2, -0.15) is 0 Å². The summed E-state index contributed by atoms with van der Waals surface area (Å²) in [6.45, 7) is 0. The maximum Gasteiger partial charge on any atom is 0.279 e. The smallest absolute Gasteiger partial charge is 0.279 e. The van der Waals surface area contributed by atoms with Crippen molar-refractivity contribution in [3.05, 3.63) is 61.5 Å². The Hall–Kier alpha value is -1.92. The first-order valence-corrected chi connectivity index (χ1v) is 8.08. The summed E-state index contributed by atoms with van der Waals surface area (Å²) in [5.74, 6) is -0.391. The van der Waals surface area contributed by atoms with E-state index in [9.17, 15) is 9.90 Å². The molecule has 3 aromatic rings. The first kappa shape index (κ1) is 13.7. The molecule has 0 spiro atoms. The molecule has 0 aliphatic carbocycles. The molecule has 0 radical (unpaired) electrons. The topological polar surface area (TPSA) is 65.4 Å². The summed E-state index contributed by atoms with van der Waals surface area (Å²) in [5.41, 5.74) is 1.63. The monoisotopic (exact) mass is 418 g/mol. The Morgan fingerprint density at radius 3 is 2.59 bits per heavy atom. The lowest BCUT2D eigenvalue weighted by Gasteiger charge is -2.02. The fourth-order valence-electron chi connectivity index (χ4n) is 2.79. The predicted octanol–water partition coefficient (Wildman–Crippen LogP) is 2.76. The molecular formula is C16H8Br2N2O2. The summed E-state index contributed by atoms with van der Waals surface area (Å²) < 4.78 is 1.58. The molecule has 0 unspecified atom stereocenters. The number of fused-ring (bicyclic) bond motifs is 2. The van der Waals surface area contributed by atoms with Crippen LogP contribution in [-0.4, -0.2) is 16.0 Å². The number of amides is 1. The van der Waals surface area contributed by atoms with Crippen LogP contribution < -0.4 is 10.6 Å². The van der Waals surface area contributed by atoms with Crippen LogP contribution in [0.4, 0.5) is 0 Å². The average Bonchev–Trinajstić information content (AvgIpc) is 2.96. The number of nitrogens with one attached hydrogen (secondary N) is 1. The van der Waals surface area contributed by atoms with Crippen LogP contribution in [-0.2, 0) is 4.79 Å². The highest BCUT2D eigenvalue weighted by Crippen LogP contribution is 2.37. The lowest BCUT2D eigenvalue weighted by atomic mass is 10.0. The van der Waals surface area contributed by atoms with E-state index in [1.807, 2.05) is 30.3 Å². The van der Waals surface area contributed by atoms with Crippen LogP contribution in [0.1, 0.15) is 5.56 Å². The molecule has 4 nitrogen and oxygen atoms in total. The van der Waals surface area contributed by atoms with Crippen LogP contribution in [0.2, 0.25) is 0 Å². The van der Waals surface area contributed by atoms with Gasteiger partial charge in [-0.25, -0.2) is 4.99 Å². The summed E-state index contributed by atoms with van der Waals surface area (Å²) in [4.78, 5) is 19.4. The second kappa shape index (κ2) is 4.79. The quantitative estimate of drug-likeness (QED) is 0.636. The second-order valence-corrected chi connectivity index (χ2v) is 6.65. The number of rotatable bonds is 1. The van der Waals surface area contributed by atoms with Gasteiger partial charge in [0, 0.05) is 19.6 Å². The Labute approximate surface area is 141 Å². The molecule has 1 aromatic heterocycles. The third-order valence-electron chi connectivity index (χ3n) is 3.68. The zero-order valence-electron chi connectivity index (χ0n) is 11.0. The molecule has 0 bridgehead atoms. The van der Waals surface area contributed by atoms with E-state index in [-0.39, 0.29) is 11.8 Å². The number of aromatic nitrogens is 1. The highest BCUT2D eigenvalue weighted by Gasteiger charge is 2.26. The van der Waals surface area contributed by atoms with Crippen LogP contribution in [0.5, 0.6) is 5.88 Å². The minimum Gasteiger partial charge on any atom is -0.494 e. The van der Waals surface area contributed by atoms with Crippen molar-refractivity contribution in [2.24, 2.45) is 4.99 Å². The van der Waals surface area contributed by atoms with Crippen molar-refractivity contribution in [1.29, 1.82) is 0 Å². The third-order valence-corrected chi connectivity index (χ3v) is 5.00. The van der Waals surface area contributed by atoms with E-state index in [1.165, 1.54) is 0 Å². The highest BCUT2D eigenvalue weighted by molar-refractivity contribution is 9.11. The van der Waals surface area contributed by atoms with Gasteiger partial charge in [0.15, 0.2) is 5.88 Å². The number of aromatic hydroxyl groups is 1. The van der Waals surface area contributed by atoms with E-state index in [0.29, 0.717) is 21.7 Å². The highest BCUT2D eigenvalue weighted by atomic mass is 79.9. The van der Waals surface area contributed by atoms with Gasteiger partial charge >= 0.3 is 0 Å². The average molecular weight is 420 g/mol. The first-order chi connectivity index (χ1) is 10.6. The van der Waals surface area contributed by atoms with Crippen molar-refractivity contribution in [1.82, 2.24) is 4.98 Å². The number of halogens is 2. The van der Waals surface area contributed by atoms with Crippen molar-refractivity contribution < 1.29 is 9.90 Å². The van der Waals surface area contributed by atoms with Gasteiger partial charge in [0.05, 0.1) is 22.0 Å². The Balaban J connectivity index is 2.24. The molecule has 0 atom stereocenters. The van der Waals surface area contributed by atoms with Gasteiger partial charge in [-0.05, 0) is 24.3 Å². The molecular weight excluding hydrogens is 412 g/mol. The Kier molecular flexibility index (Phi) is 2.99. The first-order valence-electron chi connectivity index (χ1n) is 6.49. The molecule has 6 heteroatoms. The Morgan fingerprint density at radius 1 is 1.05 bits per heavy atom. The van der Waals surface area contributed by atoms with Crippen molar-refractivity contribution in [3.8, 4) is 5.88 Å². The van der Waals surface area contributed by atoms with Gasteiger partial charge in [0.25, 0.3) is 5.91 Å². The number of hydrogen-bond donors (Lipinski definition) is 2. The van der Waals surface area contributed by atoms with Crippen LogP contribution >= 0.6 is 31.9 Å². The van der Waals surface area contributed by atoms with E-state index in [0.717, 1.165) is 19.8 Å². The number of hydrogen-bond acceptors (Lipinski definition) is 2. The van der Waals surface area contributed by atoms with Gasteiger partial charge in [0.1, 0.15) is 0 Å². The minimum absolute atomic E-state index is 0.0379. The number of carbonyl (C=O) groups excluding carboxylic acids is 1. The molecule has 1 amide bonds. The lowest BCUT2D eigenvalue weighted by Crippen LogP contribution is -2.24. The van der Waals surface area contributed by atoms with Gasteiger partial charge in [0.2, 0.25) is 0 Å². The largest absolute Gasteiger partial charge is 0.494 e. The molecule has 1 aliphatic heterocycles. The number of nitrogens with zero attached hydrogens (tertiary/aromatic N) is 1. The maximum atomic E-state index is 12.4. The summed E-state index contributed by atoms with van der Waals surface area (Å²) in [7, 11) is 0. The number of H-pyrrole nitrogens is 1. The van der Waals surface area contributed by atoms with E-state index in [4.69, 9.17) is 0 Å². The van der Waals surface area contributed by atoms with E-state index >= 15 is 0 Å². The normalized spacial score (nSPS) is 13.5. The fraction of sp³-hybridized carbons (Fsp3) is 0. The standard InChI is InChI=1S/C16H8Br2N2O2/c17-7-3-1-5-9-11(7)13(15(21)19-9)14-12-8(18)4-2-6-10(12)20-16(14)22/h1-6,19,21H. The van der Waals surface area contributed by atoms with E-state index in [2.05, 4.69) is 41.8 Å². The van der Waals surface area contributed by atoms with Crippen LogP contribution in [0.15, 0.2) is 50.3 Å². The third kappa shape index (κ3) is 1.80. The molecule has 1 aliphatic rings. The molecule has 0 fully saturated rings. The summed E-state index contributed by atoms with van der Waals surface area (Å²) in [6, 6.07) is 11.0. The second-order valence-electron chi connectivity index (χ2n) is 4.94. The van der Waals surface area contributed by atoms with Crippen molar-refractivity contribution in [2.45, 2.75) is 0 Å². The zero-order valence-corrected chi connectivity index (χ0v) is 14.2. The molecule has 22 heavy (non-hydrogen) atoms. The van der Waals surface area contributed by atoms with Crippen molar-refractivity contribution in [2.75, 3.05) is 0 Å². The van der Waals surface area contributed by atoms with Crippen molar-refractivity contribution >= 4 is 54.2 Å². The molecule has 108 valence electrons. The van der Waals surface area contributed by atoms with Gasteiger partial charge < -0.3 is 10.1 Å². The maximum absolute atomic E-state index is 12.4. The Morgan fingerprint density at radius 2 is 1.77 bits per heavy atom. The van der Waals surface area contributed by atoms with Gasteiger partial charge in [-0.3, -0.25) is 4.79 Å². The molecule has 0 saturated carbocycles. The Bertz CT molecular complexity index is 1080. The predicted molar refractivity (Wildman–Crippen MR) is 90.1 cm³/mol. The molecule has 4 rings (SSSR count). The lowest BCUT2D eigenvalue weighted by molar-refractivity contribution is -0.112. The van der Waals surface area contributed by atoms with Crippen LogP contribution in [0.25, 0.3) is 16.5 Å². The van der Waals surface area contributed by atoms with Gasteiger partial charge in [-0.1, -0.05) is 44.0 Å². The molecule has 0 saturated heterocycles. The number of benzene rings is 2. The summed E-state index contributed by atoms with van der Waals surface area (Å²) >= 11 is 6.96. The molecule has 2 heterocycles. The molecule has 2 aromatic carbocycles. The van der Waals surface area contributed by atoms with Crippen LogP contribution in [0.3, 0.4) is 0 Å². The van der Waals surface area contributed by atoms with Crippen LogP contribution in [0, 0.1) is 0 Å². The number of carbonyl (C=O) groups is 1. The molecule has 2 N–H and O–H groups in total. The number of aromatic amines is 1. The SMILES string of the molecule is O=C1N=c2cccc(Br)c2=C1c1c(O)[nH]c2cccc(Br)c12. The van der Waals surface area contributed by atoms with Crippen molar-refractivity contribution in [3.63, 3.8) is 0 Å². The summed E-state index contributed by atoms with van der Waals surface area (Å²) in [6.07, 6.45) is 0. The van der Waals surface area contributed by atoms with E-state index in [1.54, 1.807) is 6.07 Å². The summed E-state index contributed by atoms with van der Waals surface area (Å²) in [5, 5.41) is 12.4.